The average molecular weight is 594 g/mol. The normalized spacial score (nSPS) is 11.9. The van der Waals surface area contributed by atoms with E-state index in [0.29, 0.717) is 30.8 Å². The molecule has 0 fully saturated rings. The average Bonchev–Trinajstić information content (AvgIpc) is 2.97. The second-order valence-electron chi connectivity index (χ2n) is 10.5. The van der Waals surface area contributed by atoms with Crippen LogP contribution in [0.25, 0.3) is 0 Å². The molecule has 226 valence electrons. The third-order valence-electron chi connectivity index (χ3n) is 7.06. The van der Waals surface area contributed by atoms with Crippen molar-refractivity contribution in [1.82, 2.24) is 10.2 Å². The molecular formula is C33H43N3O5S. The highest BCUT2D eigenvalue weighted by Gasteiger charge is 2.30. The molecule has 1 atom stereocenters. The Bertz CT molecular complexity index is 1390. The number of carbonyl (C=O) groups excluding carboxylic acids is 2. The SMILES string of the molecule is CCCCNC(=O)[C@@H](Cc1ccccc1)N(Cc1cccc(OC)c1)C(=O)CCCN(c1ccc(C)cc1)S(C)(=O)=O. The van der Waals surface area contributed by atoms with Crippen LogP contribution in [0.4, 0.5) is 5.69 Å². The number of nitrogens with one attached hydrogen (secondary N) is 1. The van der Waals surface area contributed by atoms with Gasteiger partial charge in [-0.1, -0.05) is 73.5 Å². The zero-order valence-corrected chi connectivity index (χ0v) is 25.9. The zero-order valence-electron chi connectivity index (χ0n) is 25.1. The number of rotatable bonds is 16. The maximum atomic E-state index is 13.9. The number of sulfonamides is 1. The predicted molar refractivity (Wildman–Crippen MR) is 168 cm³/mol. The van der Waals surface area contributed by atoms with Gasteiger partial charge >= 0.3 is 0 Å². The molecule has 0 saturated carbocycles. The van der Waals surface area contributed by atoms with Crippen molar-refractivity contribution in [2.45, 2.75) is 58.5 Å². The van der Waals surface area contributed by atoms with E-state index in [-0.39, 0.29) is 31.3 Å². The van der Waals surface area contributed by atoms with Crippen molar-refractivity contribution in [3.05, 3.63) is 95.6 Å². The van der Waals surface area contributed by atoms with Gasteiger partial charge in [0, 0.05) is 32.5 Å². The standard InChI is InChI=1S/C33H43N3O5S/c1-5-6-21-34-33(38)31(24-27-12-8-7-9-13-27)35(25-28-14-10-15-30(23-28)41-3)32(37)16-11-22-36(42(4,39)40)29-19-17-26(2)18-20-29/h7-10,12-15,17-20,23,31H,5-6,11,16,21-22,24-25H2,1-4H3,(H,34,38)/t31-/m1/s1. The third-order valence-corrected chi connectivity index (χ3v) is 8.26. The molecule has 0 bridgehead atoms. The van der Waals surface area contributed by atoms with Crippen LogP contribution in [0.15, 0.2) is 78.9 Å². The topological polar surface area (TPSA) is 96.0 Å². The number of anilines is 1. The zero-order chi connectivity index (χ0) is 30.5. The van der Waals surface area contributed by atoms with Crippen molar-refractivity contribution in [3.63, 3.8) is 0 Å². The summed E-state index contributed by atoms with van der Waals surface area (Å²) in [5.41, 5.74) is 3.36. The van der Waals surface area contributed by atoms with Gasteiger partial charge in [-0.15, -0.1) is 0 Å². The van der Waals surface area contributed by atoms with E-state index in [1.165, 1.54) is 10.6 Å². The molecule has 9 heteroatoms. The van der Waals surface area contributed by atoms with E-state index >= 15 is 0 Å². The van der Waals surface area contributed by atoms with E-state index in [1.807, 2.05) is 73.7 Å². The molecule has 8 nitrogen and oxygen atoms in total. The first kappa shape index (κ1) is 32.7. The lowest BCUT2D eigenvalue weighted by atomic mass is 10.0. The number of amides is 2. The van der Waals surface area contributed by atoms with Crippen molar-refractivity contribution in [2.24, 2.45) is 0 Å². The molecule has 0 aliphatic heterocycles. The highest BCUT2D eigenvalue weighted by Crippen LogP contribution is 2.22. The molecule has 0 unspecified atom stereocenters. The van der Waals surface area contributed by atoms with Gasteiger partial charge in [0.15, 0.2) is 0 Å². The highest BCUT2D eigenvalue weighted by atomic mass is 32.2. The van der Waals surface area contributed by atoms with E-state index in [2.05, 4.69) is 12.2 Å². The number of ether oxygens (including phenoxy) is 1. The Morgan fingerprint density at radius 1 is 0.929 bits per heavy atom. The molecule has 3 aromatic rings. The molecule has 0 heterocycles. The lowest BCUT2D eigenvalue weighted by molar-refractivity contribution is -0.141. The summed E-state index contributed by atoms with van der Waals surface area (Å²) < 4.78 is 32.0. The molecule has 0 aromatic heterocycles. The number of methoxy groups -OCH3 is 1. The van der Waals surface area contributed by atoms with E-state index in [1.54, 1.807) is 24.1 Å². The second-order valence-corrected chi connectivity index (χ2v) is 12.4. The molecule has 3 aromatic carbocycles. The Labute approximate surface area is 250 Å². The molecule has 0 saturated heterocycles. The maximum absolute atomic E-state index is 13.9. The Kier molecular flexibility index (Phi) is 12.4. The van der Waals surface area contributed by atoms with Crippen LogP contribution in [-0.4, -0.2) is 57.6 Å². The largest absolute Gasteiger partial charge is 0.497 e. The number of benzene rings is 3. The minimum atomic E-state index is -3.56. The third kappa shape index (κ3) is 9.91. The fourth-order valence-corrected chi connectivity index (χ4v) is 5.71. The van der Waals surface area contributed by atoms with Gasteiger partial charge in [0.1, 0.15) is 11.8 Å². The number of carbonyl (C=O) groups is 2. The van der Waals surface area contributed by atoms with Crippen LogP contribution >= 0.6 is 0 Å². The van der Waals surface area contributed by atoms with Crippen molar-refractivity contribution in [3.8, 4) is 5.75 Å². The lowest BCUT2D eigenvalue weighted by Gasteiger charge is -2.32. The summed E-state index contributed by atoms with van der Waals surface area (Å²) in [5.74, 6) is 0.233. The first-order chi connectivity index (χ1) is 20.1. The van der Waals surface area contributed by atoms with Crippen LogP contribution < -0.4 is 14.4 Å². The van der Waals surface area contributed by atoms with E-state index in [4.69, 9.17) is 4.74 Å². The number of nitrogens with zero attached hydrogens (tertiary/aromatic N) is 2. The summed E-state index contributed by atoms with van der Waals surface area (Å²) >= 11 is 0. The minimum Gasteiger partial charge on any atom is -0.497 e. The van der Waals surface area contributed by atoms with Crippen LogP contribution in [0.1, 0.15) is 49.3 Å². The lowest BCUT2D eigenvalue weighted by Crippen LogP contribution is -2.50. The molecular weight excluding hydrogens is 550 g/mol. The van der Waals surface area contributed by atoms with Crippen LogP contribution in [0.5, 0.6) is 5.75 Å². The Balaban J connectivity index is 1.88. The summed E-state index contributed by atoms with van der Waals surface area (Å²) in [5, 5.41) is 3.02. The molecule has 1 N–H and O–H groups in total. The van der Waals surface area contributed by atoms with Crippen LogP contribution in [0, 0.1) is 6.92 Å². The van der Waals surface area contributed by atoms with Crippen LogP contribution in [0.3, 0.4) is 0 Å². The molecule has 42 heavy (non-hydrogen) atoms. The van der Waals surface area contributed by atoms with Crippen molar-refractivity contribution < 1.29 is 22.7 Å². The minimum absolute atomic E-state index is 0.0787. The van der Waals surface area contributed by atoms with Gasteiger partial charge < -0.3 is 15.0 Å². The van der Waals surface area contributed by atoms with E-state index < -0.39 is 16.1 Å². The van der Waals surface area contributed by atoms with Crippen LogP contribution in [-0.2, 0) is 32.6 Å². The van der Waals surface area contributed by atoms with Gasteiger partial charge in [-0.3, -0.25) is 13.9 Å². The maximum Gasteiger partial charge on any atom is 0.243 e. The molecule has 0 radical (unpaired) electrons. The predicted octanol–water partition coefficient (Wildman–Crippen LogP) is 5.11. The fraction of sp³-hybridized carbons (Fsp3) is 0.394. The van der Waals surface area contributed by atoms with Crippen molar-refractivity contribution in [1.29, 1.82) is 0 Å². The van der Waals surface area contributed by atoms with Gasteiger partial charge in [-0.25, -0.2) is 8.42 Å². The molecule has 2 amide bonds. The van der Waals surface area contributed by atoms with Gasteiger partial charge in [-0.05, 0) is 55.2 Å². The number of aryl methyl sites for hydroxylation is 1. The quantitative estimate of drug-likeness (QED) is 0.233. The number of unbranched alkanes of at least 4 members (excludes halogenated alkanes) is 1. The summed E-state index contributed by atoms with van der Waals surface area (Å²) in [4.78, 5) is 29.1. The Morgan fingerprint density at radius 3 is 2.26 bits per heavy atom. The number of hydrogen-bond acceptors (Lipinski definition) is 5. The molecule has 0 aliphatic rings. The smallest absolute Gasteiger partial charge is 0.243 e. The highest BCUT2D eigenvalue weighted by molar-refractivity contribution is 7.92. The molecule has 0 aliphatic carbocycles. The van der Waals surface area contributed by atoms with Crippen molar-refractivity contribution >= 4 is 27.5 Å². The van der Waals surface area contributed by atoms with Crippen LogP contribution in [0.2, 0.25) is 0 Å². The van der Waals surface area contributed by atoms with E-state index in [0.717, 1.165) is 29.5 Å². The second kappa shape index (κ2) is 16.0. The fourth-order valence-electron chi connectivity index (χ4n) is 4.74. The van der Waals surface area contributed by atoms with Gasteiger partial charge in [0.05, 0.1) is 19.1 Å². The Hall–Kier alpha value is -3.85. The first-order valence-corrected chi connectivity index (χ1v) is 16.3. The van der Waals surface area contributed by atoms with Gasteiger partial charge in [-0.2, -0.15) is 0 Å². The first-order valence-electron chi connectivity index (χ1n) is 14.4. The summed E-state index contributed by atoms with van der Waals surface area (Å²) in [7, 11) is -1.97. The number of hydrogen-bond donors (Lipinski definition) is 1. The summed E-state index contributed by atoms with van der Waals surface area (Å²) in [6.07, 6.45) is 3.68. The van der Waals surface area contributed by atoms with Gasteiger partial charge in [0.2, 0.25) is 21.8 Å². The summed E-state index contributed by atoms with van der Waals surface area (Å²) in [6, 6.07) is 23.6. The molecule has 3 rings (SSSR count). The molecule has 0 spiro atoms. The van der Waals surface area contributed by atoms with Crippen molar-refractivity contribution in [2.75, 3.05) is 30.8 Å². The monoisotopic (exact) mass is 593 g/mol. The van der Waals surface area contributed by atoms with E-state index in [9.17, 15) is 18.0 Å². The summed E-state index contributed by atoms with van der Waals surface area (Å²) in [6.45, 7) is 4.88. The Morgan fingerprint density at radius 2 is 1.62 bits per heavy atom. The van der Waals surface area contributed by atoms with Gasteiger partial charge in [0.25, 0.3) is 0 Å².